The lowest BCUT2D eigenvalue weighted by atomic mass is 10.2. The number of nitrogens with one attached hydrogen (secondary N) is 2. The number of ether oxygens (including phenoxy) is 3. The van der Waals surface area contributed by atoms with E-state index in [2.05, 4.69) is 10.6 Å². The number of methoxy groups -OCH3 is 2. The Hall–Kier alpha value is -2.89. The van der Waals surface area contributed by atoms with Crippen molar-refractivity contribution in [3.63, 3.8) is 0 Å². The van der Waals surface area contributed by atoms with E-state index in [1.165, 1.54) is 0 Å². The topological polar surface area (TPSA) is 68.8 Å². The molecule has 2 aromatic carbocycles. The summed E-state index contributed by atoms with van der Waals surface area (Å²) in [5.74, 6) is 2.18. The molecule has 2 amide bonds. The molecule has 2 rings (SSSR count). The highest BCUT2D eigenvalue weighted by Gasteiger charge is 2.06. The molecule has 0 aliphatic heterocycles. The van der Waals surface area contributed by atoms with Gasteiger partial charge in [0.2, 0.25) is 0 Å². The highest BCUT2D eigenvalue weighted by molar-refractivity contribution is 5.73. The van der Waals surface area contributed by atoms with Gasteiger partial charge in [0.1, 0.15) is 5.75 Å². The van der Waals surface area contributed by atoms with Crippen LogP contribution in [-0.2, 0) is 6.54 Å². The number of hydrogen-bond acceptors (Lipinski definition) is 4. The summed E-state index contributed by atoms with van der Waals surface area (Å²) in [6, 6.07) is 13.2. The fraction of sp³-hybridized carbons (Fsp3) is 0.350. The van der Waals surface area contributed by atoms with Gasteiger partial charge in [0.25, 0.3) is 0 Å². The van der Waals surface area contributed by atoms with Crippen LogP contribution in [0.4, 0.5) is 4.79 Å². The van der Waals surface area contributed by atoms with Crippen molar-refractivity contribution in [3.8, 4) is 17.2 Å². The van der Waals surface area contributed by atoms with E-state index in [0.29, 0.717) is 31.2 Å². The molecule has 0 saturated heterocycles. The fourth-order valence-corrected chi connectivity index (χ4v) is 2.41. The number of amides is 2. The number of carbonyl (C=O) groups is 1. The molecule has 0 aliphatic carbocycles. The molecule has 0 fully saturated rings. The average molecular weight is 358 g/mol. The van der Waals surface area contributed by atoms with Crippen molar-refractivity contribution in [2.45, 2.75) is 19.9 Å². The van der Waals surface area contributed by atoms with Crippen LogP contribution in [0.2, 0.25) is 0 Å². The molecule has 0 aromatic heterocycles. The number of hydrogen-bond donors (Lipinski definition) is 2. The molecule has 0 saturated carbocycles. The molecule has 0 spiro atoms. The van der Waals surface area contributed by atoms with E-state index in [0.717, 1.165) is 23.3 Å². The fourth-order valence-electron chi connectivity index (χ4n) is 2.41. The van der Waals surface area contributed by atoms with E-state index in [9.17, 15) is 4.79 Å². The number of benzene rings is 2. The summed E-state index contributed by atoms with van der Waals surface area (Å²) >= 11 is 0. The summed E-state index contributed by atoms with van der Waals surface area (Å²) in [6.07, 6.45) is 0.734. The third kappa shape index (κ3) is 5.88. The average Bonchev–Trinajstić information content (AvgIpc) is 2.67. The van der Waals surface area contributed by atoms with Gasteiger partial charge < -0.3 is 24.8 Å². The van der Waals surface area contributed by atoms with Crippen molar-refractivity contribution in [2.24, 2.45) is 0 Å². The van der Waals surface area contributed by atoms with Crippen LogP contribution >= 0.6 is 0 Å². The third-order valence-electron chi connectivity index (χ3n) is 3.86. The smallest absolute Gasteiger partial charge is 0.315 e. The first-order valence-corrected chi connectivity index (χ1v) is 8.55. The van der Waals surface area contributed by atoms with Crippen LogP contribution < -0.4 is 24.8 Å². The van der Waals surface area contributed by atoms with Gasteiger partial charge in [0.05, 0.1) is 20.8 Å². The highest BCUT2D eigenvalue weighted by Crippen LogP contribution is 2.27. The zero-order chi connectivity index (χ0) is 18.8. The second-order valence-corrected chi connectivity index (χ2v) is 5.77. The van der Waals surface area contributed by atoms with Crippen molar-refractivity contribution in [1.82, 2.24) is 10.6 Å². The van der Waals surface area contributed by atoms with Crippen molar-refractivity contribution >= 4 is 6.03 Å². The quantitative estimate of drug-likeness (QED) is 0.675. The van der Waals surface area contributed by atoms with Crippen LogP contribution in [0.15, 0.2) is 42.5 Å². The summed E-state index contributed by atoms with van der Waals surface area (Å²) in [6.45, 7) is 3.52. The first kappa shape index (κ1) is 19.4. The molecule has 0 unspecified atom stereocenters. The van der Waals surface area contributed by atoms with Crippen molar-refractivity contribution in [2.75, 3.05) is 27.4 Å². The molecule has 140 valence electrons. The summed E-state index contributed by atoms with van der Waals surface area (Å²) in [4.78, 5) is 11.9. The molecule has 6 heteroatoms. The number of aryl methyl sites for hydroxylation is 1. The molecule has 6 nitrogen and oxygen atoms in total. The van der Waals surface area contributed by atoms with Gasteiger partial charge in [-0.15, -0.1) is 0 Å². The van der Waals surface area contributed by atoms with E-state index >= 15 is 0 Å². The minimum Gasteiger partial charge on any atom is -0.493 e. The Kier molecular flexibility index (Phi) is 7.61. The minimum absolute atomic E-state index is 0.212. The van der Waals surface area contributed by atoms with Crippen LogP contribution in [-0.4, -0.2) is 33.4 Å². The Labute approximate surface area is 154 Å². The first-order valence-electron chi connectivity index (χ1n) is 8.55. The Morgan fingerprint density at radius 3 is 2.46 bits per heavy atom. The lowest BCUT2D eigenvalue weighted by Gasteiger charge is -2.11. The van der Waals surface area contributed by atoms with Gasteiger partial charge in [-0.1, -0.05) is 24.3 Å². The molecular weight excluding hydrogens is 332 g/mol. The second kappa shape index (κ2) is 10.2. The van der Waals surface area contributed by atoms with Gasteiger partial charge in [0, 0.05) is 13.1 Å². The standard InChI is InChI=1S/C20H26N2O4/c1-15-7-4-5-8-17(15)26-12-6-11-21-20(23)22-14-16-9-10-18(24-2)19(13-16)25-3/h4-5,7-10,13H,6,11-12,14H2,1-3H3,(H2,21,22,23). The van der Waals surface area contributed by atoms with E-state index < -0.39 is 0 Å². The van der Waals surface area contributed by atoms with Gasteiger partial charge in [-0.3, -0.25) is 0 Å². The van der Waals surface area contributed by atoms with Crippen molar-refractivity contribution in [1.29, 1.82) is 0 Å². The lowest BCUT2D eigenvalue weighted by Crippen LogP contribution is -2.36. The first-order chi connectivity index (χ1) is 12.6. The molecule has 0 bridgehead atoms. The summed E-state index contributed by atoms with van der Waals surface area (Å²) in [5.41, 5.74) is 2.04. The van der Waals surface area contributed by atoms with Crippen LogP contribution in [0.3, 0.4) is 0 Å². The van der Waals surface area contributed by atoms with Crippen LogP contribution in [0, 0.1) is 6.92 Å². The monoisotopic (exact) mass is 358 g/mol. The Morgan fingerprint density at radius 2 is 1.73 bits per heavy atom. The van der Waals surface area contributed by atoms with E-state index in [1.807, 2.05) is 49.4 Å². The molecule has 0 radical (unpaired) electrons. The number of rotatable bonds is 9. The molecule has 0 atom stereocenters. The van der Waals surface area contributed by atoms with Crippen molar-refractivity contribution < 1.29 is 19.0 Å². The Balaban J connectivity index is 1.65. The summed E-state index contributed by atoms with van der Waals surface area (Å²) in [7, 11) is 3.17. The zero-order valence-corrected chi connectivity index (χ0v) is 15.5. The summed E-state index contributed by atoms with van der Waals surface area (Å²) < 4.78 is 16.1. The number of para-hydroxylation sites is 1. The molecule has 26 heavy (non-hydrogen) atoms. The maximum atomic E-state index is 11.9. The molecule has 2 aromatic rings. The molecular formula is C20H26N2O4. The SMILES string of the molecule is COc1ccc(CNC(=O)NCCCOc2ccccc2C)cc1OC. The van der Waals surface area contributed by atoms with Crippen LogP contribution in [0.25, 0.3) is 0 Å². The van der Waals surface area contributed by atoms with E-state index in [1.54, 1.807) is 14.2 Å². The van der Waals surface area contributed by atoms with E-state index in [4.69, 9.17) is 14.2 Å². The largest absolute Gasteiger partial charge is 0.493 e. The van der Waals surface area contributed by atoms with Crippen molar-refractivity contribution in [3.05, 3.63) is 53.6 Å². The molecule has 0 aliphatic rings. The van der Waals surface area contributed by atoms with Gasteiger partial charge in [0.15, 0.2) is 11.5 Å². The number of urea groups is 1. The Bertz CT molecular complexity index is 719. The number of carbonyl (C=O) groups excluding carboxylic acids is 1. The van der Waals surface area contributed by atoms with E-state index in [-0.39, 0.29) is 6.03 Å². The predicted molar refractivity (Wildman–Crippen MR) is 101 cm³/mol. The molecule has 0 heterocycles. The minimum atomic E-state index is -0.212. The maximum absolute atomic E-state index is 11.9. The lowest BCUT2D eigenvalue weighted by molar-refractivity contribution is 0.238. The highest BCUT2D eigenvalue weighted by atomic mass is 16.5. The van der Waals surface area contributed by atoms with Gasteiger partial charge in [-0.2, -0.15) is 0 Å². The van der Waals surface area contributed by atoms with Gasteiger partial charge in [-0.25, -0.2) is 4.79 Å². The predicted octanol–water partition coefficient (Wildman–Crippen LogP) is 3.28. The molecule has 2 N–H and O–H groups in total. The van der Waals surface area contributed by atoms with Crippen LogP contribution in [0.1, 0.15) is 17.5 Å². The van der Waals surface area contributed by atoms with Crippen LogP contribution in [0.5, 0.6) is 17.2 Å². The normalized spacial score (nSPS) is 10.1. The zero-order valence-electron chi connectivity index (χ0n) is 15.5. The maximum Gasteiger partial charge on any atom is 0.315 e. The summed E-state index contributed by atoms with van der Waals surface area (Å²) in [5, 5.41) is 5.64. The Morgan fingerprint density at radius 1 is 0.962 bits per heavy atom. The second-order valence-electron chi connectivity index (χ2n) is 5.77. The van der Waals surface area contributed by atoms with Gasteiger partial charge >= 0.3 is 6.03 Å². The third-order valence-corrected chi connectivity index (χ3v) is 3.86. The van der Waals surface area contributed by atoms with Gasteiger partial charge in [-0.05, 0) is 42.7 Å².